The van der Waals surface area contributed by atoms with Crippen molar-refractivity contribution in [3.05, 3.63) is 57.7 Å². The monoisotopic (exact) mass is 629 g/mol. The molecule has 3 aromatic rings. The number of allylic oxidation sites excluding steroid dienone is 1. The summed E-state index contributed by atoms with van der Waals surface area (Å²) >= 11 is 5.27. The number of ether oxygens (including phenoxy) is 3. The van der Waals surface area contributed by atoms with Gasteiger partial charge in [-0.2, -0.15) is 4.98 Å². The fourth-order valence-electron chi connectivity index (χ4n) is 4.39. The third kappa shape index (κ3) is 6.58. The summed E-state index contributed by atoms with van der Waals surface area (Å²) in [4.78, 5) is 18.7. The van der Waals surface area contributed by atoms with Crippen LogP contribution in [0.15, 0.2) is 57.3 Å². The Balaban J connectivity index is 1.81. The average molecular weight is 631 g/mol. The van der Waals surface area contributed by atoms with Gasteiger partial charge >= 0.3 is 0 Å². The van der Waals surface area contributed by atoms with Crippen molar-refractivity contribution in [3.8, 4) is 17.2 Å². The molecule has 1 amide bonds. The molecule has 9 nitrogen and oxygen atoms in total. The van der Waals surface area contributed by atoms with E-state index in [0.29, 0.717) is 56.4 Å². The molecule has 0 bridgehead atoms. The molecule has 1 atom stereocenters. The quantitative estimate of drug-likeness (QED) is 0.162. The van der Waals surface area contributed by atoms with Crippen LogP contribution < -0.4 is 24.8 Å². The number of hydrogen-bond donors (Lipinski definition) is 2. The molecule has 1 unspecified atom stereocenters. The van der Waals surface area contributed by atoms with E-state index >= 15 is 0 Å². The number of halogens is 1. The molecule has 1 aromatic heterocycles. The summed E-state index contributed by atoms with van der Waals surface area (Å²) in [6.07, 6.45) is 2.11. The first-order valence-corrected chi connectivity index (χ1v) is 15.2. The predicted octanol–water partition coefficient (Wildman–Crippen LogP) is 7.05. The first kappa shape index (κ1) is 29.8. The number of unbranched alkanes of at least 4 members (excludes halogenated alkanes) is 1. The van der Waals surface area contributed by atoms with Gasteiger partial charge in [-0.25, -0.2) is 4.68 Å². The number of benzene rings is 2. The minimum atomic E-state index is -0.582. The second-order valence-electron chi connectivity index (χ2n) is 9.51. The Bertz CT molecular complexity index is 1390. The van der Waals surface area contributed by atoms with Crippen LogP contribution >= 0.6 is 27.7 Å². The van der Waals surface area contributed by atoms with Crippen molar-refractivity contribution in [1.82, 2.24) is 14.8 Å². The topological polar surface area (TPSA) is 99.5 Å². The van der Waals surface area contributed by atoms with E-state index in [1.807, 2.05) is 64.1 Å². The van der Waals surface area contributed by atoms with Crippen molar-refractivity contribution in [2.45, 2.75) is 64.8 Å². The summed E-state index contributed by atoms with van der Waals surface area (Å²) in [7, 11) is 1.60. The molecule has 2 aromatic carbocycles. The largest absolute Gasteiger partial charge is 0.493 e. The summed E-state index contributed by atoms with van der Waals surface area (Å²) < 4.78 is 20.0. The molecule has 11 heteroatoms. The lowest BCUT2D eigenvalue weighted by molar-refractivity contribution is -0.113. The van der Waals surface area contributed by atoms with E-state index in [1.165, 1.54) is 0 Å². The van der Waals surface area contributed by atoms with Gasteiger partial charge in [0.05, 0.1) is 35.6 Å². The van der Waals surface area contributed by atoms with Gasteiger partial charge in [-0.3, -0.25) is 4.79 Å². The average Bonchev–Trinajstić information content (AvgIpc) is 3.32. The molecule has 0 saturated carbocycles. The number of rotatable bonds is 12. The number of hydrogen-bond acceptors (Lipinski definition) is 8. The van der Waals surface area contributed by atoms with Crippen molar-refractivity contribution in [3.63, 3.8) is 0 Å². The van der Waals surface area contributed by atoms with Gasteiger partial charge in [0.25, 0.3) is 5.91 Å². The number of nitrogens with zero attached hydrogens (tertiary/aromatic N) is 3. The van der Waals surface area contributed by atoms with Crippen LogP contribution in [0.1, 0.15) is 59.1 Å². The Morgan fingerprint density at radius 3 is 2.70 bits per heavy atom. The second kappa shape index (κ2) is 13.5. The van der Waals surface area contributed by atoms with Crippen LogP contribution in [-0.4, -0.2) is 46.2 Å². The Kier molecular flexibility index (Phi) is 10.0. The minimum Gasteiger partial charge on any atom is -0.493 e. The van der Waals surface area contributed by atoms with Crippen LogP contribution in [0.3, 0.4) is 0 Å². The molecule has 0 spiro atoms. The van der Waals surface area contributed by atoms with Gasteiger partial charge in [0, 0.05) is 11.4 Å². The lowest BCUT2D eigenvalue weighted by atomic mass is 9.94. The van der Waals surface area contributed by atoms with E-state index in [2.05, 4.69) is 33.5 Å². The van der Waals surface area contributed by atoms with E-state index in [1.54, 1.807) is 23.6 Å². The number of fused-ring (bicyclic) bond motifs is 1. The third-order valence-electron chi connectivity index (χ3n) is 6.16. The van der Waals surface area contributed by atoms with Gasteiger partial charge in [0.1, 0.15) is 11.8 Å². The number of aromatic nitrogens is 3. The maximum atomic E-state index is 14.0. The van der Waals surface area contributed by atoms with Crippen LogP contribution in [-0.2, 0) is 4.79 Å². The molecule has 1 aliphatic rings. The van der Waals surface area contributed by atoms with E-state index in [9.17, 15) is 4.79 Å². The van der Waals surface area contributed by atoms with Crippen molar-refractivity contribution in [2.75, 3.05) is 30.1 Å². The molecule has 0 radical (unpaired) electrons. The SMILES string of the molecule is CCCCSc1nc2n(n1)C(c1cc(Br)c(OC(C)C)c(OC)c1)C(C(=O)Nc1ccccc1OCC)=C(C)N2. The zero-order valence-corrected chi connectivity index (χ0v) is 26.1. The molecule has 0 aliphatic carbocycles. The van der Waals surface area contributed by atoms with Crippen molar-refractivity contribution in [1.29, 1.82) is 0 Å². The van der Waals surface area contributed by atoms with Crippen molar-refractivity contribution < 1.29 is 19.0 Å². The van der Waals surface area contributed by atoms with Crippen molar-refractivity contribution in [2.24, 2.45) is 0 Å². The van der Waals surface area contributed by atoms with E-state index in [4.69, 9.17) is 24.3 Å². The number of thioether (sulfide) groups is 1. The molecular weight excluding hydrogens is 594 g/mol. The summed E-state index contributed by atoms with van der Waals surface area (Å²) in [6, 6.07) is 10.7. The third-order valence-corrected chi connectivity index (χ3v) is 7.68. The Hall–Kier alpha value is -3.18. The maximum absolute atomic E-state index is 14.0. The summed E-state index contributed by atoms with van der Waals surface area (Å²) in [5.74, 6) is 2.97. The predicted molar refractivity (Wildman–Crippen MR) is 163 cm³/mol. The number of nitrogens with one attached hydrogen (secondary N) is 2. The van der Waals surface area contributed by atoms with E-state index < -0.39 is 6.04 Å². The fourth-order valence-corrected chi connectivity index (χ4v) is 5.86. The highest BCUT2D eigenvalue weighted by Crippen LogP contribution is 2.43. The van der Waals surface area contributed by atoms with Crippen LogP contribution in [0.4, 0.5) is 11.6 Å². The number of carbonyl (C=O) groups is 1. The second-order valence-corrected chi connectivity index (χ2v) is 11.4. The van der Waals surface area contributed by atoms with Crippen LogP contribution in [0.5, 0.6) is 17.2 Å². The van der Waals surface area contributed by atoms with Gasteiger partial charge in [-0.05, 0) is 79.9 Å². The first-order valence-electron chi connectivity index (χ1n) is 13.4. The highest BCUT2D eigenvalue weighted by molar-refractivity contribution is 9.10. The Morgan fingerprint density at radius 2 is 2.00 bits per heavy atom. The summed E-state index contributed by atoms with van der Waals surface area (Å²) in [6.45, 7) is 10.3. The summed E-state index contributed by atoms with van der Waals surface area (Å²) in [5, 5.41) is 11.9. The van der Waals surface area contributed by atoms with Gasteiger partial charge in [-0.1, -0.05) is 37.2 Å². The lowest BCUT2D eigenvalue weighted by Crippen LogP contribution is -2.31. The zero-order valence-electron chi connectivity index (χ0n) is 23.7. The molecule has 2 heterocycles. The van der Waals surface area contributed by atoms with Crippen LogP contribution in [0.25, 0.3) is 0 Å². The molecule has 0 saturated heterocycles. The smallest absolute Gasteiger partial charge is 0.255 e. The molecular formula is C29H36BrN5O4S. The van der Waals surface area contributed by atoms with E-state index in [-0.39, 0.29) is 12.0 Å². The molecule has 4 rings (SSSR count). The molecule has 40 heavy (non-hydrogen) atoms. The zero-order chi connectivity index (χ0) is 28.8. The molecule has 214 valence electrons. The first-order chi connectivity index (χ1) is 19.3. The molecule has 1 aliphatic heterocycles. The van der Waals surface area contributed by atoms with Crippen molar-refractivity contribution >= 4 is 45.2 Å². The molecule has 0 fully saturated rings. The van der Waals surface area contributed by atoms with Gasteiger partial charge in [0.2, 0.25) is 11.1 Å². The number of para-hydroxylation sites is 2. The highest BCUT2D eigenvalue weighted by atomic mass is 79.9. The minimum absolute atomic E-state index is 0.0477. The Morgan fingerprint density at radius 1 is 1.23 bits per heavy atom. The standard InChI is InChI=1S/C29H36BrN5O4S/c1-7-9-14-40-29-33-28-31-18(5)24(27(36)32-21-12-10-11-13-22(21)38-8-2)25(35(28)34-29)19-15-20(30)26(39-17(3)4)23(16-19)37-6/h10-13,15-17,25H,7-9,14H2,1-6H3,(H,32,36)(H,31,33,34). The highest BCUT2D eigenvalue weighted by Gasteiger charge is 2.35. The van der Waals surface area contributed by atoms with Gasteiger partial charge < -0.3 is 24.8 Å². The van der Waals surface area contributed by atoms with Gasteiger partial charge in [-0.15, -0.1) is 5.10 Å². The Labute approximate surface area is 248 Å². The number of carbonyl (C=O) groups excluding carboxylic acids is 1. The van der Waals surface area contributed by atoms with Crippen LogP contribution in [0, 0.1) is 0 Å². The maximum Gasteiger partial charge on any atom is 0.255 e. The number of amides is 1. The van der Waals surface area contributed by atoms with Gasteiger partial charge in [0.15, 0.2) is 11.5 Å². The normalized spacial score (nSPS) is 14.6. The summed E-state index contributed by atoms with van der Waals surface area (Å²) in [5.41, 5.74) is 2.56. The van der Waals surface area contributed by atoms with E-state index in [0.717, 1.165) is 24.2 Å². The van der Waals surface area contributed by atoms with Crippen LogP contribution in [0.2, 0.25) is 0 Å². The number of methoxy groups -OCH3 is 1. The lowest BCUT2D eigenvalue weighted by Gasteiger charge is -2.29. The number of anilines is 2. The molecule has 2 N–H and O–H groups in total. The fraction of sp³-hybridized carbons (Fsp3) is 0.414.